The van der Waals surface area contributed by atoms with E-state index in [1.165, 1.54) is 5.56 Å². The normalized spacial score (nSPS) is 20.8. The smallest absolute Gasteiger partial charge is 0.0593 e. The topological polar surface area (TPSA) is 38.5 Å². The summed E-state index contributed by atoms with van der Waals surface area (Å²) in [5, 5.41) is 0. The van der Waals surface area contributed by atoms with Crippen LogP contribution in [0.1, 0.15) is 31.4 Å². The second kappa shape index (κ2) is 7.39. The molecule has 0 radical (unpaired) electrons. The summed E-state index contributed by atoms with van der Waals surface area (Å²) < 4.78 is 6.66. The molecule has 1 aromatic carbocycles. The molecule has 19 heavy (non-hydrogen) atoms. The zero-order valence-electron chi connectivity index (χ0n) is 11.5. The minimum absolute atomic E-state index is 0.166. The molecule has 0 aliphatic carbocycles. The first kappa shape index (κ1) is 15.0. The fourth-order valence-electron chi connectivity index (χ4n) is 2.66. The Morgan fingerprint density at radius 2 is 2.00 bits per heavy atom. The van der Waals surface area contributed by atoms with Crippen LogP contribution in [0.2, 0.25) is 0 Å². The fraction of sp³-hybridized carbons (Fsp3) is 0.600. The van der Waals surface area contributed by atoms with Gasteiger partial charge < -0.3 is 10.5 Å². The van der Waals surface area contributed by atoms with E-state index in [1.807, 2.05) is 0 Å². The molecule has 1 fully saturated rings. The van der Waals surface area contributed by atoms with Crippen LogP contribution in [0.5, 0.6) is 0 Å². The van der Waals surface area contributed by atoms with Crippen molar-refractivity contribution in [1.29, 1.82) is 0 Å². The second-order valence-corrected chi connectivity index (χ2v) is 5.99. The van der Waals surface area contributed by atoms with Gasteiger partial charge in [-0.25, -0.2) is 0 Å². The molecule has 2 atom stereocenters. The van der Waals surface area contributed by atoms with Crippen LogP contribution < -0.4 is 5.73 Å². The van der Waals surface area contributed by atoms with E-state index in [2.05, 4.69) is 52.0 Å². The summed E-state index contributed by atoms with van der Waals surface area (Å²) in [6.45, 7) is 5.86. The van der Waals surface area contributed by atoms with Crippen LogP contribution in [-0.4, -0.2) is 37.2 Å². The van der Waals surface area contributed by atoms with E-state index in [0.717, 1.165) is 43.6 Å². The number of hydrogen-bond donors (Lipinski definition) is 1. The molecule has 1 heterocycles. The van der Waals surface area contributed by atoms with Gasteiger partial charge in [-0.05, 0) is 30.5 Å². The summed E-state index contributed by atoms with van der Waals surface area (Å²) in [7, 11) is 0. The second-order valence-electron chi connectivity index (χ2n) is 5.07. The number of halogens is 1. The summed E-state index contributed by atoms with van der Waals surface area (Å²) in [5.74, 6) is 0. The molecule has 0 saturated carbocycles. The maximum Gasteiger partial charge on any atom is 0.0593 e. The molecule has 1 aromatic rings. The lowest BCUT2D eigenvalue weighted by Crippen LogP contribution is -2.42. The summed E-state index contributed by atoms with van der Waals surface area (Å²) in [5.41, 5.74) is 7.68. The average Bonchev–Trinajstić information content (AvgIpc) is 2.70. The number of nitrogens with zero attached hydrogens (tertiary/aromatic N) is 1. The Bertz CT molecular complexity index is 374. The molecule has 3 nitrogen and oxygen atoms in total. The minimum atomic E-state index is 0.166. The van der Waals surface area contributed by atoms with E-state index in [9.17, 15) is 0 Å². The van der Waals surface area contributed by atoms with Gasteiger partial charge in [0, 0.05) is 36.3 Å². The molecule has 2 N–H and O–H groups in total. The van der Waals surface area contributed by atoms with E-state index in [0.29, 0.717) is 6.04 Å². The summed E-state index contributed by atoms with van der Waals surface area (Å²) in [4.78, 5) is 2.48. The minimum Gasteiger partial charge on any atom is -0.380 e. The van der Waals surface area contributed by atoms with E-state index >= 15 is 0 Å². The van der Waals surface area contributed by atoms with Crippen molar-refractivity contribution in [1.82, 2.24) is 4.90 Å². The summed E-state index contributed by atoms with van der Waals surface area (Å²) >= 11 is 3.49. The molecule has 106 valence electrons. The van der Waals surface area contributed by atoms with Crippen LogP contribution in [0.25, 0.3) is 0 Å². The van der Waals surface area contributed by atoms with Gasteiger partial charge in [0.2, 0.25) is 0 Å². The molecule has 1 saturated heterocycles. The van der Waals surface area contributed by atoms with Crippen LogP contribution in [-0.2, 0) is 4.74 Å². The molecule has 4 heteroatoms. The predicted molar refractivity (Wildman–Crippen MR) is 82.2 cm³/mol. The monoisotopic (exact) mass is 326 g/mol. The Kier molecular flexibility index (Phi) is 5.82. The first-order valence-corrected chi connectivity index (χ1v) is 7.84. The Hall–Kier alpha value is -0.420. The van der Waals surface area contributed by atoms with Crippen molar-refractivity contribution < 1.29 is 4.74 Å². The van der Waals surface area contributed by atoms with Gasteiger partial charge in [0.1, 0.15) is 0 Å². The van der Waals surface area contributed by atoms with Crippen molar-refractivity contribution in [3.8, 4) is 0 Å². The van der Waals surface area contributed by atoms with Gasteiger partial charge in [0.15, 0.2) is 0 Å². The molecule has 0 amide bonds. The Balaban J connectivity index is 2.21. The van der Waals surface area contributed by atoms with Gasteiger partial charge in [-0.2, -0.15) is 0 Å². The van der Waals surface area contributed by atoms with E-state index in [4.69, 9.17) is 10.5 Å². The molecule has 1 aliphatic heterocycles. The van der Waals surface area contributed by atoms with E-state index in [-0.39, 0.29) is 6.04 Å². The standard InChI is InChI=1S/C15H23BrN2O/c1-2-14(17)15(12-4-6-13(16)7-5-12)18-8-3-10-19-11-9-18/h4-7,14-15H,2-3,8-11,17H2,1H3. The van der Waals surface area contributed by atoms with Gasteiger partial charge in [0.05, 0.1) is 6.61 Å². The summed E-state index contributed by atoms with van der Waals surface area (Å²) in [6.07, 6.45) is 2.07. The van der Waals surface area contributed by atoms with Crippen molar-refractivity contribution >= 4 is 15.9 Å². The first-order chi connectivity index (χ1) is 9.22. The lowest BCUT2D eigenvalue weighted by atomic mass is 9.96. The van der Waals surface area contributed by atoms with E-state index in [1.54, 1.807) is 0 Å². The SMILES string of the molecule is CCC(N)C(c1ccc(Br)cc1)N1CCCOCC1. The van der Waals surface area contributed by atoms with Crippen molar-refractivity contribution in [3.63, 3.8) is 0 Å². The van der Waals surface area contributed by atoms with Crippen molar-refractivity contribution in [2.75, 3.05) is 26.3 Å². The van der Waals surface area contributed by atoms with Gasteiger partial charge in [0.25, 0.3) is 0 Å². The number of hydrogen-bond acceptors (Lipinski definition) is 3. The van der Waals surface area contributed by atoms with Crippen molar-refractivity contribution in [2.45, 2.75) is 31.8 Å². The van der Waals surface area contributed by atoms with Crippen LogP contribution in [0.3, 0.4) is 0 Å². The molecule has 2 unspecified atom stereocenters. The highest BCUT2D eigenvalue weighted by molar-refractivity contribution is 9.10. The zero-order valence-corrected chi connectivity index (χ0v) is 13.1. The summed E-state index contributed by atoms with van der Waals surface area (Å²) in [6, 6.07) is 9.00. The van der Waals surface area contributed by atoms with E-state index < -0.39 is 0 Å². The zero-order chi connectivity index (χ0) is 13.7. The average molecular weight is 327 g/mol. The number of ether oxygens (including phenoxy) is 1. The van der Waals surface area contributed by atoms with Crippen LogP contribution in [0, 0.1) is 0 Å². The van der Waals surface area contributed by atoms with Gasteiger partial charge in [-0.3, -0.25) is 4.90 Å². The maximum atomic E-state index is 6.37. The third kappa shape index (κ3) is 4.02. The Labute approximate surface area is 124 Å². The molecule has 1 aliphatic rings. The third-order valence-corrected chi connectivity index (χ3v) is 4.27. The highest BCUT2D eigenvalue weighted by atomic mass is 79.9. The number of benzene rings is 1. The Morgan fingerprint density at radius 1 is 1.26 bits per heavy atom. The number of nitrogens with two attached hydrogens (primary N) is 1. The fourth-order valence-corrected chi connectivity index (χ4v) is 2.92. The lowest BCUT2D eigenvalue weighted by Gasteiger charge is -2.34. The van der Waals surface area contributed by atoms with Gasteiger partial charge >= 0.3 is 0 Å². The highest BCUT2D eigenvalue weighted by Gasteiger charge is 2.26. The molecule has 0 bridgehead atoms. The first-order valence-electron chi connectivity index (χ1n) is 7.05. The Morgan fingerprint density at radius 3 is 2.68 bits per heavy atom. The quantitative estimate of drug-likeness (QED) is 0.924. The molecule has 2 rings (SSSR count). The predicted octanol–water partition coefficient (Wildman–Crippen LogP) is 2.95. The van der Waals surface area contributed by atoms with Crippen molar-refractivity contribution in [3.05, 3.63) is 34.3 Å². The third-order valence-electron chi connectivity index (χ3n) is 3.74. The number of rotatable bonds is 4. The maximum absolute atomic E-state index is 6.37. The molecule has 0 spiro atoms. The van der Waals surface area contributed by atoms with Crippen molar-refractivity contribution in [2.24, 2.45) is 5.73 Å². The molecular weight excluding hydrogens is 304 g/mol. The van der Waals surface area contributed by atoms with Gasteiger partial charge in [-0.1, -0.05) is 35.0 Å². The van der Waals surface area contributed by atoms with Crippen LogP contribution >= 0.6 is 15.9 Å². The van der Waals surface area contributed by atoms with Crippen LogP contribution in [0.15, 0.2) is 28.7 Å². The molecule has 0 aromatic heterocycles. The van der Waals surface area contributed by atoms with Gasteiger partial charge in [-0.15, -0.1) is 0 Å². The largest absolute Gasteiger partial charge is 0.380 e. The molecular formula is C15H23BrN2O. The lowest BCUT2D eigenvalue weighted by molar-refractivity contribution is 0.125. The van der Waals surface area contributed by atoms with Crippen LogP contribution in [0.4, 0.5) is 0 Å². The highest BCUT2D eigenvalue weighted by Crippen LogP contribution is 2.27.